The third-order valence-electron chi connectivity index (χ3n) is 10.1. The molecule has 5 aromatic rings. The van der Waals surface area contributed by atoms with Crippen molar-refractivity contribution < 1.29 is 29.4 Å². The standard InChI is InChI=1S/C42H36N2O6/c45-39-27-8-2-9-28(39)18-32-13-5-15-34-20-30-11-3-10-29(40(30)46)19-33-14-4-12-31(17-27)41(33)47-23-35-21-37(43-49-35)25-6-1-7-26(16-25)38-22-36(50-44-38)24-48-42(32)34/h1-16,35-36,45-46H,17-24H2. The first kappa shape index (κ1) is 30.3. The van der Waals surface area contributed by atoms with Crippen molar-refractivity contribution in [2.75, 3.05) is 13.2 Å². The number of ether oxygens (including phenoxy) is 2. The molecule has 16 bridgehead atoms. The van der Waals surface area contributed by atoms with Crippen molar-refractivity contribution in [3.8, 4) is 23.0 Å². The summed E-state index contributed by atoms with van der Waals surface area (Å²) in [4.78, 5) is 11.8. The van der Waals surface area contributed by atoms with E-state index in [9.17, 15) is 10.2 Å². The van der Waals surface area contributed by atoms with Crippen LogP contribution in [0.15, 0.2) is 107 Å². The van der Waals surface area contributed by atoms with Gasteiger partial charge in [0, 0.05) is 49.7 Å². The largest absolute Gasteiger partial charge is 0.507 e. The van der Waals surface area contributed by atoms with Crippen LogP contribution >= 0.6 is 0 Å². The summed E-state index contributed by atoms with van der Waals surface area (Å²) in [5.41, 5.74) is 10.6. The molecule has 5 aliphatic rings. The second-order valence-corrected chi connectivity index (χ2v) is 13.5. The van der Waals surface area contributed by atoms with Crippen molar-refractivity contribution >= 4 is 11.4 Å². The van der Waals surface area contributed by atoms with Gasteiger partial charge in [-0.1, -0.05) is 101 Å². The van der Waals surface area contributed by atoms with E-state index in [0.717, 1.165) is 78.6 Å². The van der Waals surface area contributed by atoms with Crippen LogP contribution in [0.2, 0.25) is 0 Å². The van der Waals surface area contributed by atoms with Crippen molar-refractivity contribution in [1.29, 1.82) is 0 Å². The molecular weight excluding hydrogens is 628 g/mol. The number of hydrogen-bond acceptors (Lipinski definition) is 8. The lowest BCUT2D eigenvalue weighted by Gasteiger charge is -2.21. The fourth-order valence-corrected chi connectivity index (χ4v) is 7.49. The summed E-state index contributed by atoms with van der Waals surface area (Å²) < 4.78 is 13.3. The average molecular weight is 665 g/mol. The Morgan fingerprint density at radius 1 is 0.460 bits per heavy atom. The molecule has 0 fully saturated rings. The zero-order valence-corrected chi connectivity index (χ0v) is 27.5. The van der Waals surface area contributed by atoms with Gasteiger partial charge in [-0.05, 0) is 50.6 Å². The smallest absolute Gasteiger partial charge is 0.167 e. The number of fused-ring (bicyclic) bond motifs is 2. The van der Waals surface area contributed by atoms with Crippen LogP contribution in [0.1, 0.15) is 68.5 Å². The molecule has 2 N–H and O–H groups in total. The van der Waals surface area contributed by atoms with Crippen LogP contribution in [0.4, 0.5) is 0 Å². The Bertz CT molecular complexity index is 1950. The van der Waals surface area contributed by atoms with Gasteiger partial charge in [-0.25, -0.2) is 0 Å². The first-order valence-electron chi connectivity index (χ1n) is 17.2. The van der Waals surface area contributed by atoms with E-state index in [-0.39, 0.29) is 36.9 Å². The Labute approximate surface area is 290 Å². The van der Waals surface area contributed by atoms with Gasteiger partial charge >= 0.3 is 0 Å². The second-order valence-electron chi connectivity index (χ2n) is 13.5. The maximum absolute atomic E-state index is 11.7. The van der Waals surface area contributed by atoms with E-state index >= 15 is 0 Å². The van der Waals surface area contributed by atoms with Crippen LogP contribution in [0.3, 0.4) is 0 Å². The fraction of sp³-hybridized carbons (Fsp3) is 0.238. The minimum absolute atomic E-state index is 0.257. The van der Waals surface area contributed by atoms with E-state index in [0.29, 0.717) is 38.5 Å². The number of aromatic hydroxyl groups is 2. The molecule has 0 saturated carbocycles. The zero-order valence-electron chi connectivity index (χ0n) is 27.5. The number of oxime groups is 2. The number of hydrogen-bond donors (Lipinski definition) is 2. The molecule has 10 rings (SSSR count). The fourth-order valence-electron chi connectivity index (χ4n) is 7.49. The van der Waals surface area contributed by atoms with E-state index in [2.05, 4.69) is 16.4 Å². The molecule has 8 nitrogen and oxygen atoms in total. The highest BCUT2D eigenvalue weighted by Gasteiger charge is 2.28. The average Bonchev–Trinajstić information content (AvgIpc) is 3.81. The maximum atomic E-state index is 11.7. The second kappa shape index (κ2) is 12.6. The van der Waals surface area contributed by atoms with Crippen LogP contribution in [-0.4, -0.2) is 47.1 Å². The number of benzene rings is 5. The van der Waals surface area contributed by atoms with Crippen molar-refractivity contribution in [1.82, 2.24) is 0 Å². The van der Waals surface area contributed by atoms with Gasteiger partial charge in [-0.2, -0.15) is 0 Å². The maximum Gasteiger partial charge on any atom is 0.167 e. The molecule has 250 valence electrons. The van der Waals surface area contributed by atoms with Crippen LogP contribution in [-0.2, 0) is 35.4 Å². The lowest BCUT2D eigenvalue weighted by Crippen LogP contribution is -2.20. The van der Waals surface area contributed by atoms with Gasteiger partial charge in [0.1, 0.15) is 36.2 Å². The highest BCUT2D eigenvalue weighted by atomic mass is 16.7. The summed E-state index contributed by atoms with van der Waals surface area (Å²) in [6, 6.07) is 32.2. The minimum atomic E-state index is -0.282. The summed E-state index contributed by atoms with van der Waals surface area (Å²) >= 11 is 0. The summed E-state index contributed by atoms with van der Waals surface area (Å²) in [5, 5.41) is 32.4. The molecule has 0 aromatic heterocycles. The van der Waals surface area contributed by atoms with Crippen LogP contribution < -0.4 is 9.47 Å². The van der Waals surface area contributed by atoms with Crippen molar-refractivity contribution in [2.45, 2.75) is 50.7 Å². The molecular formula is C42H36N2O6. The molecule has 0 amide bonds. The van der Waals surface area contributed by atoms with Gasteiger partial charge in [0.25, 0.3) is 0 Å². The van der Waals surface area contributed by atoms with Gasteiger partial charge in [0.2, 0.25) is 0 Å². The molecule has 4 aliphatic heterocycles. The van der Waals surface area contributed by atoms with Crippen LogP contribution in [0.25, 0.3) is 0 Å². The summed E-state index contributed by atoms with van der Waals surface area (Å²) in [6.07, 6.45) is 2.45. The van der Waals surface area contributed by atoms with E-state index in [4.69, 9.17) is 19.1 Å². The molecule has 0 spiro atoms. The SMILES string of the molecule is Oc1c2cccc1Cc1cccc3c1OCC1CC(=NO1)c1cccc(c1)C1=NOC(COc4c(cccc4Cc4cccc(c4O)C3)C2)C1. The molecule has 5 aromatic carbocycles. The van der Waals surface area contributed by atoms with Gasteiger partial charge in [-0.15, -0.1) is 0 Å². The zero-order chi connectivity index (χ0) is 33.6. The normalized spacial score (nSPS) is 19.2. The van der Waals surface area contributed by atoms with E-state index < -0.39 is 0 Å². The molecule has 1 aliphatic carbocycles. The molecule has 50 heavy (non-hydrogen) atoms. The predicted molar refractivity (Wildman–Crippen MR) is 190 cm³/mol. The topological polar surface area (TPSA) is 102 Å². The van der Waals surface area contributed by atoms with E-state index in [1.165, 1.54) is 0 Å². The Balaban J connectivity index is 1.21. The summed E-state index contributed by atoms with van der Waals surface area (Å²) in [7, 11) is 0. The minimum Gasteiger partial charge on any atom is -0.507 e. The van der Waals surface area contributed by atoms with Crippen LogP contribution in [0.5, 0.6) is 23.0 Å². The molecule has 0 radical (unpaired) electrons. The number of rotatable bonds is 0. The van der Waals surface area contributed by atoms with Crippen molar-refractivity contribution in [3.63, 3.8) is 0 Å². The summed E-state index contributed by atoms with van der Waals surface area (Å²) in [6.45, 7) is 0.572. The Morgan fingerprint density at radius 3 is 1.18 bits per heavy atom. The Morgan fingerprint density at radius 2 is 0.800 bits per heavy atom. The van der Waals surface area contributed by atoms with Gasteiger partial charge in [-0.3, -0.25) is 0 Å². The first-order chi connectivity index (χ1) is 24.6. The lowest BCUT2D eigenvalue weighted by atomic mass is 9.91. The Hall–Kier alpha value is -5.76. The number of phenolic OH excluding ortho intramolecular Hbond substituents is 2. The monoisotopic (exact) mass is 664 g/mol. The van der Waals surface area contributed by atoms with E-state index in [1.807, 2.05) is 91.0 Å². The molecule has 4 heterocycles. The first-order valence-corrected chi connectivity index (χ1v) is 17.2. The summed E-state index contributed by atoms with van der Waals surface area (Å²) in [5.74, 6) is 1.97. The highest BCUT2D eigenvalue weighted by Crippen LogP contribution is 2.38. The third-order valence-corrected chi connectivity index (χ3v) is 10.1. The van der Waals surface area contributed by atoms with Crippen molar-refractivity contribution in [2.24, 2.45) is 10.3 Å². The van der Waals surface area contributed by atoms with Crippen molar-refractivity contribution in [3.05, 3.63) is 153 Å². The number of nitrogens with zero attached hydrogens (tertiary/aromatic N) is 2. The predicted octanol–water partition coefficient (Wildman–Crippen LogP) is 7.23. The van der Waals surface area contributed by atoms with Gasteiger partial charge in [0.05, 0.1) is 11.4 Å². The van der Waals surface area contributed by atoms with E-state index in [1.54, 1.807) is 0 Å². The number of phenols is 2. The molecule has 8 heteroatoms. The third kappa shape index (κ3) is 5.70. The molecule has 2 unspecified atom stereocenters. The molecule has 0 saturated heterocycles. The van der Waals surface area contributed by atoms with Gasteiger partial charge < -0.3 is 29.4 Å². The Kier molecular flexibility index (Phi) is 7.64. The van der Waals surface area contributed by atoms with Gasteiger partial charge in [0.15, 0.2) is 12.2 Å². The molecule has 2 atom stereocenters. The lowest BCUT2D eigenvalue weighted by molar-refractivity contribution is 0.0465. The van der Waals surface area contributed by atoms with Crippen LogP contribution in [0, 0.1) is 0 Å². The quantitative estimate of drug-likeness (QED) is 0.178. The highest BCUT2D eigenvalue weighted by molar-refractivity contribution is 6.06. The number of para-hydroxylation sites is 4.